The zero-order valence-corrected chi connectivity index (χ0v) is 11.7. The molecule has 0 aliphatic heterocycles. The molecule has 0 saturated carbocycles. The van der Waals surface area contributed by atoms with E-state index in [0.29, 0.717) is 5.82 Å². The SMILES string of the molecule is Oc1cccc(-c2nnc3ccc(-c4ccns4)cn23)c1. The average Bonchev–Trinajstić information content (AvgIpc) is 3.16. The summed E-state index contributed by atoms with van der Waals surface area (Å²) in [5, 5.41) is 18.0. The molecule has 1 aromatic carbocycles. The normalized spacial score (nSPS) is 11.0. The number of benzene rings is 1. The fraction of sp³-hybridized carbons (Fsp3) is 0. The third-order valence-electron chi connectivity index (χ3n) is 3.23. The number of aromatic hydroxyl groups is 1. The Balaban J connectivity index is 1.92. The van der Waals surface area contributed by atoms with Crippen LogP contribution in [0.15, 0.2) is 54.9 Å². The second-order valence-corrected chi connectivity index (χ2v) is 5.43. The van der Waals surface area contributed by atoms with Crippen molar-refractivity contribution in [1.29, 1.82) is 0 Å². The predicted octanol–water partition coefficient (Wildman–Crippen LogP) is 3.23. The minimum atomic E-state index is 0.211. The fourth-order valence-corrected chi connectivity index (χ4v) is 2.83. The van der Waals surface area contributed by atoms with Crippen LogP contribution in [0.25, 0.3) is 27.5 Å². The molecule has 0 unspecified atom stereocenters. The maximum absolute atomic E-state index is 9.62. The molecule has 5 nitrogen and oxygen atoms in total. The molecule has 0 aliphatic carbocycles. The van der Waals surface area contributed by atoms with Crippen molar-refractivity contribution in [2.75, 3.05) is 0 Å². The third kappa shape index (κ3) is 2.05. The van der Waals surface area contributed by atoms with Gasteiger partial charge in [0.25, 0.3) is 0 Å². The number of phenolic OH excluding ortho intramolecular Hbond substituents is 1. The van der Waals surface area contributed by atoms with E-state index in [-0.39, 0.29) is 5.75 Å². The minimum absolute atomic E-state index is 0.211. The molecule has 0 saturated heterocycles. The number of hydrogen-bond donors (Lipinski definition) is 1. The van der Waals surface area contributed by atoms with E-state index in [0.717, 1.165) is 21.7 Å². The second kappa shape index (κ2) is 4.68. The van der Waals surface area contributed by atoms with Gasteiger partial charge in [-0.3, -0.25) is 4.40 Å². The number of pyridine rings is 1. The van der Waals surface area contributed by atoms with Crippen LogP contribution in [-0.2, 0) is 0 Å². The van der Waals surface area contributed by atoms with Crippen LogP contribution >= 0.6 is 11.5 Å². The van der Waals surface area contributed by atoms with E-state index in [1.54, 1.807) is 24.4 Å². The molecule has 6 heteroatoms. The summed E-state index contributed by atoms with van der Waals surface area (Å²) in [4.78, 5) is 1.09. The van der Waals surface area contributed by atoms with Crippen LogP contribution in [0.1, 0.15) is 0 Å². The summed E-state index contributed by atoms with van der Waals surface area (Å²) in [6.07, 6.45) is 3.77. The number of aromatic nitrogens is 4. The first kappa shape index (κ1) is 12.0. The van der Waals surface area contributed by atoms with E-state index >= 15 is 0 Å². The molecule has 0 fully saturated rings. The van der Waals surface area contributed by atoms with Crippen LogP contribution in [0, 0.1) is 0 Å². The molecule has 0 aliphatic rings. The fourth-order valence-electron chi connectivity index (χ4n) is 2.24. The Kier molecular flexibility index (Phi) is 2.68. The van der Waals surface area contributed by atoms with E-state index in [1.807, 2.05) is 34.9 Å². The Morgan fingerprint density at radius 3 is 2.76 bits per heavy atom. The molecule has 0 bridgehead atoms. The number of fused-ring (bicyclic) bond motifs is 1. The monoisotopic (exact) mass is 294 g/mol. The van der Waals surface area contributed by atoms with Crippen molar-refractivity contribution < 1.29 is 5.11 Å². The number of rotatable bonds is 2. The molecule has 21 heavy (non-hydrogen) atoms. The molecular weight excluding hydrogens is 284 g/mol. The van der Waals surface area contributed by atoms with E-state index in [4.69, 9.17) is 0 Å². The maximum Gasteiger partial charge on any atom is 0.168 e. The van der Waals surface area contributed by atoms with Crippen LogP contribution in [-0.4, -0.2) is 24.1 Å². The summed E-state index contributed by atoms with van der Waals surface area (Å²) >= 11 is 1.45. The van der Waals surface area contributed by atoms with Gasteiger partial charge in [-0.05, 0) is 41.9 Å². The van der Waals surface area contributed by atoms with Crippen LogP contribution < -0.4 is 0 Å². The molecule has 1 N–H and O–H groups in total. The first-order valence-electron chi connectivity index (χ1n) is 6.36. The first-order valence-corrected chi connectivity index (χ1v) is 7.14. The van der Waals surface area contributed by atoms with Crippen molar-refractivity contribution in [1.82, 2.24) is 19.0 Å². The van der Waals surface area contributed by atoms with E-state index in [2.05, 4.69) is 14.6 Å². The molecule has 3 aromatic heterocycles. The molecule has 0 amide bonds. The molecule has 0 atom stereocenters. The Morgan fingerprint density at radius 2 is 1.95 bits per heavy atom. The van der Waals surface area contributed by atoms with Crippen LogP contribution in [0.2, 0.25) is 0 Å². The Bertz CT molecular complexity index is 914. The number of hydrogen-bond acceptors (Lipinski definition) is 5. The average molecular weight is 294 g/mol. The van der Waals surface area contributed by atoms with Crippen LogP contribution in [0.3, 0.4) is 0 Å². The summed E-state index contributed by atoms with van der Waals surface area (Å²) in [6.45, 7) is 0. The van der Waals surface area contributed by atoms with Crippen molar-refractivity contribution in [2.45, 2.75) is 0 Å². The zero-order chi connectivity index (χ0) is 14.2. The van der Waals surface area contributed by atoms with Gasteiger partial charge in [0.15, 0.2) is 11.5 Å². The van der Waals surface area contributed by atoms with Crippen molar-refractivity contribution in [3.8, 4) is 27.6 Å². The molecule has 4 aromatic rings. The number of nitrogens with zero attached hydrogens (tertiary/aromatic N) is 4. The highest BCUT2D eigenvalue weighted by molar-refractivity contribution is 7.09. The van der Waals surface area contributed by atoms with Crippen molar-refractivity contribution in [2.24, 2.45) is 0 Å². The largest absolute Gasteiger partial charge is 0.508 e. The highest BCUT2D eigenvalue weighted by Gasteiger charge is 2.10. The van der Waals surface area contributed by atoms with Crippen LogP contribution in [0.4, 0.5) is 0 Å². The molecule has 4 rings (SSSR count). The zero-order valence-electron chi connectivity index (χ0n) is 10.8. The van der Waals surface area contributed by atoms with E-state index < -0.39 is 0 Å². The standard InChI is InChI=1S/C15H10N4OS/c20-12-3-1-2-10(8-12)15-18-17-14-5-4-11(9-19(14)15)13-6-7-16-21-13/h1-9,20H. The lowest BCUT2D eigenvalue weighted by atomic mass is 10.2. The van der Waals surface area contributed by atoms with Crippen molar-refractivity contribution >= 4 is 17.2 Å². The van der Waals surface area contributed by atoms with Gasteiger partial charge < -0.3 is 5.11 Å². The molecule has 0 spiro atoms. The second-order valence-electron chi connectivity index (χ2n) is 4.60. The summed E-state index contributed by atoms with van der Waals surface area (Å²) < 4.78 is 6.05. The molecule has 0 radical (unpaired) electrons. The lowest BCUT2D eigenvalue weighted by Gasteiger charge is -2.03. The Morgan fingerprint density at radius 1 is 1.00 bits per heavy atom. The van der Waals surface area contributed by atoms with Gasteiger partial charge in [-0.2, -0.15) is 0 Å². The topological polar surface area (TPSA) is 63.3 Å². The minimum Gasteiger partial charge on any atom is -0.508 e. The van der Waals surface area contributed by atoms with Gasteiger partial charge in [0.05, 0.1) is 4.88 Å². The predicted molar refractivity (Wildman–Crippen MR) is 81.2 cm³/mol. The van der Waals surface area contributed by atoms with Gasteiger partial charge in [0.1, 0.15) is 5.75 Å². The highest BCUT2D eigenvalue weighted by atomic mass is 32.1. The van der Waals surface area contributed by atoms with Crippen LogP contribution in [0.5, 0.6) is 5.75 Å². The third-order valence-corrected chi connectivity index (χ3v) is 4.02. The first-order chi connectivity index (χ1) is 10.3. The summed E-state index contributed by atoms with van der Waals surface area (Å²) in [7, 11) is 0. The van der Waals surface area contributed by atoms with Gasteiger partial charge in [-0.1, -0.05) is 12.1 Å². The molecular formula is C15H10N4OS. The lowest BCUT2D eigenvalue weighted by molar-refractivity contribution is 0.475. The quantitative estimate of drug-likeness (QED) is 0.616. The van der Waals surface area contributed by atoms with Gasteiger partial charge in [-0.15, -0.1) is 10.2 Å². The van der Waals surface area contributed by atoms with Gasteiger partial charge in [0, 0.05) is 23.5 Å². The summed E-state index contributed by atoms with van der Waals surface area (Å²) in [5.41, 5.74) is 2.65. The Hall–Kier alpha value is -2.73. The van der Waals surface area contributed by atoms with E-state index in [1.165, 1.54) is 11.5 Å². The molecule has 102 valence electrons. The highest BCUT2D eigenvalue weighted by Crippen LogP contribution is 2.26. The summed E-state index contributed by atoms with van der Waals surface area (Å²) in [5.74, 6) is 0.912. The lowest BCUT2D eigenvalue weighted by Crippen LogP contribution is -1.90. The Labute approximate surface area is 124 Å². The van der Waals surface area contributed by atoms with E-state index in [9.17, 15) is 5.11 Å². The smallest absolute Gasteiger partial charge is 0.168 e. The maximum atomic E-state index is 9.62. The van der Waals surface area contributed by atoms with Gasteiger partial charge in [0.2, 0.25) is 0 Å². The van der Waals surface area contributed by atoms with Gasteiger partial charge in [-0.25, -0.2) is 4.37 Å². The number of phenols is 1. The summed E-state index contributed by atoms with van der Waals surface area (Å²) in [6, 6.07) is 12.9. The molecule has 3 heterocycles. The van der Waals surface area contributed by atoms with Crippen molar-refractivity contribution in [3.63, 3.8) is 0 Å². The van der Waals surface area contributed by atoms with Gasteiger partial charge >= 0.3 is 0 Å². The van der Waals surface area contributed by atoms with Crippen molar-refractivity contribution in [3.05, 3.63) is 54.9 Å².